The minimum Gasteiger partial charge on any atom is -0.368 e. The molecule has 1 aliphatic rings. The number of hydrogen-bond donors (Lipinski definition) is 2. The van der Waals surface area contributed by atoms with Gasteiger partial charge in [0.25, 0.3) is 0 Å². The average Bonchev–Trinajstić information content (AvgIpc) is 2.97. The second-order valence-electron chi connectivity index (χ2n) is 6.03. The summed E-state index contributed by atoms with van der Waals surface area (Å²) in [5.74, 6) is 1.73. The number of nitrogens with zero attached hydrogens (tertiary/aromatic N) is 3. The van der Waals surface area contributed by atoms with Gasteiger partial charge in [0, 0.05) is 30.2 Å². The lowest BCUT2D eigenvalue weighted by Crippen LogP contribution is -2.27. The molecule has 0 aliphatic carbocycles. The Labute approximate surface area is 142 Å². The molecule has 0 radical (unpaired) electrons. The summed E-state index contributed by atoms with van der Waals surface area (Å²) in [6.07, 6.45) is 0. The summed E-state index contributed by atoms with van der Waals surface area (Å²) in [7, 11) is 4.12. The lowest BCUT2D eigenvalue weighted by atomic mass is 10.1. The molecule has 2 aromatic rings. The van der Waals surface area contributed by atoms with Crippen LogP contribution in [0.2, 0.25) is 5.02 Å². The van der Waals surface area contributed by atoms with Crippen molar-refractivity contribution in [3.05, 3.63) is 51.9 Å². The third-order valence-electron chi connectivity index (χ3n) is 4.15. The molecule has 1 aromatic heterocycles. The van der Waals surface area contributed by atoms with Crippen molar-refractivity contribution in [1.82, 2.24) is 20.2 Å². The van der Waals surface area contributed by atoms with Crippen LogP contribution in [0.4, 0.5) is 5.82 Å². The van der Waals surface area contributed by atoms with E-state index in [1.165, 1.54) is 5.56 Å². The third kappa shape index (κ3) is 3.47. The summed E-state index contributed by atoms with van der Waals surface area (Å²) >= 11 is 6.37. The summed E-state index contributed by atoms with van der Waals surface area (Å²) < 4.78 is 0. The van der Waals surface area contributed by atoms with Crippen LogP contribution in [-0.2, 0) is 13.1 Å². The number of nitrogens with one attached hydrogen (secondary N) is 2. The molecular weight excluding hydrogens is 310 g/mol. The van der Waals surface area contributed by atoms with Crippen LogP contribution in [0.3, 0.4) is 0 Å². The highest BCUT2D eigenvalue weighted by Gasteiger charge is 2.21. The van der Waals surface area contributed by atoms with Gasteiger partial charge in [0.05, 0.1) is 11.7 Å². The molecule has 2 heterocycles. The first kappa shape index (κ1) is 16.2. The highest BCUT2D eigenvalue weighted by Crippen LogP contribution is 2.27. The Morgan fingerprint density at radius 3 is 2.78 bits per heavy atom. The fraction of sp³-hybridized carbons (Fsp3) is 0.412. The van der Waals surface area contributed by atoms with Crippen molar-refractivity contribution in [3.63, 3.8) is 0 Å². The van der Waals surface area contributed by atoms with Crippen LogP contribution < -0.4 is 10.6 Å². The van der Waals surface area contributed by atoms with Gasteiger partial charge in [-0.3, -0.25) is 0 Å². The van der Waals surface area contributed by atoms with Crippen molar-refractivity contribution in [2.75, 3.05) is 26.0 Å². The molecule has 1 unspecified atom stereocenters. The molecule has 2 N–H and O–H groups in total. The zero-order valence-corrected chi connectivity index (χ0v) is 14.5. The molecule has 0 amide bonds. The van der Waals surface area contributed by atoms with Gasteiger partial charge in [0.15, 0.2) is 0 Å². The van der Waals surface area contributed by atoms with Crippen molar-refractivity contribution in [2.24, 2.45) is 0 Å². The zero-order chi connectivity index (χ0) is 16.4. The van der Waals surface area contributed by atoms with E-state index >= 15 is 0 Å². The highest BCUT2D eigenvalue weighted by molar-refractivity contribution is 6.31. The van der Waals surface area contributed by atoms with Gasteiger partial charge in [-0.1, -0.05) is 29.8 Å². The molecule has 0 saturated carbocycles. The van der Waals surface area contributed by atoms with E-state index in [-0.39, 0.29) is 6.04 Å². The fourth-order valence-corrected chi connectivity index (χ4v) is 3.21. The maximum Gasteiger partial charge on any atom is 0.134 e. The highest BCUT2D eigenvalue weighted by atomic mass is 35.5. The molecule has 6 heteroatoms. The quantitative estimate of drug-likeness (QED) is 0.882. The van der Waals surface area contributed by atoms with Gasteiger partial charge in [-0.2, -0.15) is 0 Å². The Morgan fingerprint density at radius 1 is 1.26 bits per heavy atom. The van der Waals surface area contributed by atoms with Crippen LogP contribution in [0, 0.1) is 6.92 Å². The summed E-state index contributed by atoms with van der Waals surface area (Å²) in [5.41, 5.74) is 3.39. The Hall–Kier alpha value is -1.69. The predicted octanol–water partition coefficient (Wildman–Crippen LogP) is 2.76. The number of fused-ring (bicyclic) bond motifs is 1. The van der Waals surface area contributed by atoms with Gasteiger partial charge in [-0.25, -0.2) is 9.97 Å². The maximum absolute atomic E-state index is 6.37. The second-order valence-corrected chi connectivity index (χ2v) is 6.44. The lowest BCUT2D eigenvalue weighted by Gasteiger charge is -2.26. The van der Waals surface area contributed by atoms with Crippen LogP contribution in [-0.4, -0.2) is 35.5 Å². The third-order valence-corrected chi connectivity index (χ3v) is 4.49. The molecule has 122 valence electrons. The number of rotatable bonds is 5. The van der Waals surface area contributed by atoms with E-state index in [0.717, 1.165) is 47.6 Å². The number of halogens is 1. The van der Waals surface area contributed by atoms with Gasteiger partial charge in [0.2, 0.25) is 0 Å². The van der Waals surface area contributed by atoms with Gasteiger partial charge in [-0.05, 0) is 32.6 Å². The van der Waals surface area contributed by atoms with Crippen molar-refractivity contribution >= 4 is 17.4 Å². The number of hydrogen-bond acceptors (Lipinski definition) is 5. The fourth-order valence-electron chi connectivity index (χ4n) is 2.95. The molecule has 3 rings (SSSR count). The molecule has 23 heavy (non-hydrogen) atoms. The van der Waals surface area contributed by atoms with Crippen LogP contribution in [0.15, 0.2) is 24.3 Å². The van der Waals surface area contributed by atoms with Crippen molar-refractivity contribution in [1.29, 1.82) is 0 Å². The molecule has 0 spiro atoms. The molecule has 1 atom stereocenters. The molecule has 0 saturated heterocycles. The van der Waals surface area contributed by atoms with E-state index in [2.05, 4.69) is 45.7 Å². The summed E-state index contributed by atoms with van der Waals surface area (Å²) in [6.45, 7) is 4.30. The Morgan fingerprint density at radius 2 is 2.04 bits per heavy atom. The van der Waals surface area contributed by atoms with E-state index in [1.807, 2.05) is 25.1 Å². The van der Waals surface area contributed by atoms with Crippen molar-refractivity contribution < 1.29 is 0 Å². The Balaban J connectivity index is 1.82. The average molecular weight is 332 g/mol. The monoisotopic (exact) mass is 331 g/mol. The normalized spacial score (nSPS) is 14.8. The molecule has 5 nitrogen and oxygen atoms in total. The van der Waals surface area contributed by atoms with Crippen LogP contribution >= 0.6 is 11.6 Å². The van der Waals surface area contributed by atoms with Gasteiger partial charge >= 0.3 is 0 Å². The zero-order valence-electron chi connectivity index (χ0n) is 13.7. The van der Waals surface area contributed by atoms with E-state index in [9.17, 15) is 0 Å². The van der Waals surface area contributed by atoms with E-state index < -0.39 is 0 Å². The number of aromatic nitrogens is 2. The summed E-state index contributed by atoms with van der Waals surface area (Å²) in [6, 6.07) is 8.16. The maximum atomic E-state index is 6.37. The topological polar surface area (TPSA) is 53.1 Å². The van der Waals surface area contributed by atoms with Crippen LogP contribution in [0.25, 0.3) is 0 Å². The Kier molecular flexibility index (Phi) is 4.80. The first-order chi connectivity index (χ1) is 11.1. The van der Waals surface area contributed by atoms with Crippen molar-refractivity contribution in [2.45, 2.75) is 26.1 Å². The number of aryl methyl sites for hydroxylation is 1. The van der Waals surface area contributed by atoms with Gasteiger partial charge in [-0.15, -0.1) is 0 Å². The van der Waals surface area contributed by atoms with Gasteiger partial charge < -0.3 is 15.5 Å². The van der Waals surface area contributed by atoms with E-state index in [1.54, 1.807) is 0 Å². The summed E-state index contributed by atoms with van der Waals surface area (Å²) in [4.78, 5) is 11.2. The molecule has 0 bridgehead atoms. The number of anilines is 1. The smallest absolute Gasteiger partial charge is 0.134 e. The molecule has 1 aromatic carbocycles. The van der Waals surface area contributed by atoms with Crippen molar-refractivity contribution in [3.8, 4) is 0 Å². The first-order valence-corrected chi connectivity index (χ1v) is 8.16. The standard InChI is InChI=1S/C17H22ClN5/c1-11-21-15-9-19-8-13(15)17(22-11)20-10-16(23(2)3)12-6-4-5-7-14(12)18/h4-7,16,19H,8-10H2,1-3H3,(H,20,21,22). The number of likely N-dealkylation sites (N-methyl/N-ethyl adjacent to an activating group) is 1. The summed E-state index contributed by atoms with van der Waals surface area (Å²) in [5, 5.41) is 7.62. The Bertz CT molecular complexity index is 701. The minimum atomic E-state index is 0.170. The predicted molar refractivity (Wildman–Crippen MR) is 93.7 cm³/mol. The van der Waals surface area contributed by atoms with Crippen LogP contribution in [0.1, 0.15) is 28.7 Å². The molecule has 1 aliphatic heterocycles. The van der Waals surface area contributed by atoms with Crippen LogP contribution in [0.5, 0.6) is 0 Å². The first-order valence-electron chi connectivity index (χ1n) is 7.78. The second kappa shape index (κ2) is 6.83. The minimum absolute atomic E-state index is 0.170. The molecular formula is C17H22ClN5. The van der Waals surface area contributed by atoms with Gasteiger partial charge in [0.1, 0.15) is 11.6 Å². The van der Waals surface area contributed by atoms with E-state index in [4.69, 9.17) is 11.6 Å². The number of benzene rings is 1. The SMILES string of the molecule is Cc1nc2c(c(NCC(c3ccccc3Cl)N(C)C)n1)CNC2. The lowest BCUT2D eigenvalue weighted by molar-refractivity contribution is 0.311. The molecule has 0 fully saturated rings. The van der Waals surface area contributed by atoms with E-state index in [0.29, 0.717) is 0 Å². The largest absolute Gasteiger partial charge is 0.368 e.